The van der Waals surface area contributed by atoms with Crippen LogP contribution in [-0.2, 0) is 4.79 Å². The number of carboxylic acids is 1. The van der Waals surface area contributed by atoms with E-state index in [0.717, 1.165) is 10.2 Å². The van der Waals surface area contributed by atoms with Gasteiger partial charge in [-0.2, -0.15) is 0 Å². The lowest BCUT2D eigenvalue weighted by Gasteiger charge is -2.06. The van der Waals surface area contributed by atoms with Crippen LogP contribution in [0, 0.1) is 0 Å². The number of nitrogens with one attached hydrogen (secondary N) is 1. The summed E-state index contributed by atoms with van der Waals surface area (Å²) >= 11 is 9.15. The minimum atomic E-state index is -0.906. The maximum Gasteiger partial charge on any atom is 0.331 e. The Labute approximate surface area is 107 Å². The van der Waals surface area contributed by atoms with E-state index in [2.05, 4.69) is 21.2 Å². The molecule has 0 unspecified atom stereocenters. The first-order chi connectivity index (χ1) is 7.50. The third-order valence-corrected chi connectivity index (χ3v) is 2.86. The highest BCUT2D eigenvalue weighted by Crippen LogP contribution is 2.25. The van der Waals surface area contributed by atoms with Crippen LogP contribution in [0.5, 0.6) is 0 Å². The second kappa shape index (κ2) is 5.92. The van der Waals surface area contributed by atoms with Crippen molar-refractivity contribution in [1.29, 1.82) is 0 Å². The average molecular weight is 305 g/mol. The smallest absolute Gasteiger partial charge is 0.331 e. The van der Waals surface area contributed by atoms with Gasteiger partial charge in [0.2, 0.25) is 0 Å². The minimum Gasteiger partial charge on any atom is -0.478 e. The van der Waals surface area contributed by atoms with Crippen molar-refractivity contribution in [3.63, 3.8) is 0 Å². The lowest BCUT2D eigenvalue weighted by atomic mass is 10.2. The van der Waals surface area contributed by atoms with Crippen molar-refractivity contribution in [3.8, 4) is 0 Å². The predicted octanol–water partition coefficient (Wildman–Crippen LogP) is 3.55. The van der Waals surface area contributed by atoms with E-state index in [0.29, 0.717) is 17.1 Å². The number of hydrogen-bond acceptors (Lipinski definition) is 2. The van der Waals surface area contributed by atoms with Crippen LogP contribution in [0.4, 0.5) is 5.69 Å². The monoisotopic (exact) mass is 303 g/mol. The first-order valence-electron chi connectivity index (χ1n) is 4.59. The van der Waals surface area contributed by atoms with E-state index < -0.39 is 5.97 Å². The third-order valence-electron chi connectivity index (χ3n) is 1.97. The summed E-state index contributed by atoms with van der Waals surface area (Å²) in [4.78, 5) is 10.5. The molecule has 0 aliphatic carbocycles. The molecule has 0 bridgehead atoms. The van der Waals surface area contributed by atoms with Gasteiger partial charge in [-0.05, 0) is 41.1 Å². The molecule has 5 heteroatoms. The van der Waals surface area contributed by atoms with Gasteiger partial charge >= 0.3 is 5.97 Å². The van der Waals surface area contributed by atoms with E-state index in [1.54, 1.807) is 25.1 Å². The van der Waals surface area contributed by atoms with Gasteiger partial charge in [-0.1, -0.05) is 17.7 Å². The van der Waals surface area contributed by atoms with Crippen molar-refractivity contribution in [2.75, 3.05) is 11.9 Å². The second-order valence-corrected chi connectivity index (χ2v) is 4.49. The van der Waals surface area contributed by atoms with Crippen LogP contribution in [0.15, 0.2) is 34.3 Å². The molecule has 0 heterocycles. The number of rotatable bonds is 4. The number of hydrogen-bond donors (Lipinski definition) is 2. The van der Waals surface area contributed by atoms with Gasteiger partial charge in [-0.25, -0.2) is 4.79 Å². The molecule has 0 fully saturated rings. The minimum absolute atomic E-state index is 0.317. The maximum absolute atomic E-state index is 10.5. The number of anilines is 1. The van der Waals surface area contributed by atoms with Crippen molar-refractivity contribution in [3.05, 3.63) is 39.3 Å². The standard InChI is InChI=1S/C11H11BrClNO2/c1-7(11(15)16)4-5-14-10-3-2-8(13)6-9(10)12/h2-4,6,14H,5H2,1H3,(H,15,16)/b7-4-. The van der Waals surface area contributed by atoms with Crippen LogP contribution >= 0.6 is 27.5 Å². The molecule has 0 saturated heterocycles. The Morgan fingerprint density at radius 2 is 2.31 bits per heavy atom. The Morgan fingerprint density at radius 1 is 1.62 bits per heavy atom. The highest BCUT2D eigenvalue weighted by atomic mass is 79.9. The van der Waals surface area contributed by atoms with E-state index in [1.165, 1.54) is 0 Å². The highest BCUT2D eigenvalue weighted by molar-refractivity contribution is 9.10. The number of halogens is 2. The lowest BCUT2D eigenvalue weighted by Crippen LogP contribution is -2.03. The zero-order valence-corrected chi connectivity index (χ0v) is 11.0. The molecule has 0 amide bonds. The number of carbonyl (C=O) groups is 1. The molecule has 3 nitrogen and oxygen atoms in total. The van der Waals surface area contributed by atoms with Crippen LogP contribution in [0.1, 0.15) is 6.92 Å². The molecule has 0 spiro atoms. The largest absolute Gasteiger partial charge is 0.478 e. The fraction of sp³-hybridized carbons (Fsp3) is 0.182. The van der Waals surface area contributed by atoms with Gasteiger partial charge in [-0.3, -0.25) is 0 Å². The molecule has 0 radical (unpaired) electrons. The fourth-order valence-electron chi connectivity index (χ4n) is 1.03. The summed E-state index contributed by atoms with van der Waals surface area (Å²) in [6, 6.07) is 5.37. The summed E-state index contributed by atoms with van der Waals surface area (Å²) in [5.74, 6) is -0.906. The van der Waals surface area contributed by atoms with E-state index in [1.807, 2.05) is 6.07 Å². The topological polar surface area (TPSA) is 49.3 Å². The van der Waals surface area contributed by atoms with E-state index in [9.17, 15) is 4.79 Å². The molecule has 16 heavy (non-hydrogen) atoms. The zero-order chi connectivity index (χ0) is 12.1. The molecular formula is C11H11BrClNO2. The Morgan fingerprint density at radius 3 is 2.88 bits per heavy atom. The van der Waals surface area contributed by atoms with Gasteiger partial charge in [0.05, 0.1) is 0 Å². The van der Waals surface area contributed by atoms with Gasteiger partial charge in [0.1, 0.15) is 0 Å². The molecule has 0 aliphatic rings. The molecule has 0 aromatic heterocycles. The Hall–Kier alpha value is -1.00. The summed E-state index contributed by atoms with van der Waals surface area (Å²) in [5.41, 5.74) is 1.19. The molecule has 86 valence electrons. The second-order valence-electron chi connectivity index (χ2n) is 3.20. The van der Waals surface area contributed by atoms with Crippen molar-refractivity contribution in [1.82, 2.24) is 0 Å². The van der Waals surface area contributed by atoms with Gasteiger partial charge < -0.3 is 10.4 Å². The highest BCUT2D eigenvalue weighted by Gasteiger charge is 2.00. The first kappa shape index (κ1) is 13.1. The molecule has 1 aromatic carbocycles. The molecule has 1 rings (SSSR count). The number of benzene rings is 1. The molecule has 0 aliphatic heterocycles. The van der Waals surface area contributed by atoms with Crippen LogP contribution in [0.2, 0.25) is 5.02 Å². The lowest BCUT2D eigenvalue weighted by molar-refractivity contribution is -0.132. The average Bonchev–Trinajstić information content (AvgIpc) is 2.20. The van der Waals surface area contributed by atoms with Crippen LogP contribution in [0.25, 0.3) is 0 Å². The van der Waals surface area contributed by atoms with Gasteiger partial charge in [-0.15, -0.1) is 0 Å². The Balaban J connectivity index is 2.62. The van der Waals surface area contributed by atoms with Crippen molar-refractivity contribution in [2.24, 2.45) is 0 Å². The van der Waals surface area contributed by atoms with Crippen LogP contribution in [0.3, 0.4) is 0 Å². The Kier molecular flexibility index (Phi) is 4.83. The van der Waals surface area contributed by atoms with Gasteiger partial charge in [0, 0.05) is 27.3 Å². The molecule has 0 atom stereocenters. The van der Waals surface area contributed by atoms with Gasteiger partial charge in [0.15, 0.2) is 0 Å². The Bertz CT molecular complexity index is 432. The third kappa shape index (κ3) is 3.87. The summed E-state index contributed by atoms with van der Waals surface area (Å²) < 4.78 is 0.848. The fourth-order valence-corrected chi connectivity index (χ4v) is 1.86. The number of aliphatic carboxylic acids is 1. The SMILES string of the molecule is C/C(=C/CNc1ccc(Cl)cc1Br)C(=O)O. The van der Waals surface area contributed by atoms with Crippen LogP contribution < -0.4 is 5.32 Å². The van der Waals surface area contributed by atoms with Gasteiger partial charge in [0.25, 0.3) is 0 Å². The molecular weight excluding hydrogens is 293 g/mol. The van der Waals surface area contributed by atoms with Crippen molar-refractivity contribution >= 4 is 39.2 Å². The quantitative estimate of drug-likeness (QED) is 0.836. The normalized spacial score (nSPS) is 11.3. The van der Waals surface area contributed by atoms with E-state index in [-0.39, 0.29) is 0 Å². The summed E-state index contributed by atoms with van der Waals surface area (Å²) in [6.07, 6.45) is 1.61. The predicted molar refractivity (Wildman–Crippen MR) is 69.0 cm³/mol. The molecule has 1 aromatic rings. The maximum atomic E-state index is 10.5. The van der Waals surface area contributed by atoms with E-state index in [4.69, 9.17) is 16.7 Å². The van der Waals surface area contributed by atoms with E-state index >= 15 is 0 Å². The van der Waals surface area contributed by atoms with Crippen molar-refractivity contribution in [2.45, 2.75) is 6.92 Å². The number of carboxylic acid groups (broad SMARTS) is 1. The molecule has 2 N–H and O–H groups in total. The van der Waals surface area contributed by atoms with Crippen molar-refractivity contribution < 1.29 is 9.90 Å². The first-order valence-corrected chi connectivity index (χ1v) is 5.77. The summed E-state index contributed by atoms with van der Waals surface area (Å²) in [7, 11) is 0. The zero-order valence-electron chi connectivity index (χ0n) is 8.63. The van der Waals surface area contributed by atoms with Crippen LogP contribution in [-0.4, -0.2) is 17.6 Å². The summed E-state index contributed by atoms with van der Waals surface area (Å²) in [5, 5.41) is 12.4. The summed E-state index contributed by atoms with van der Waals surface area (Å²) in [6.45, 7) is 2.01. The molecule has 0 saturated carbocycles.